The number of benzene rings is 2. The van der Waals surface area contributed by atoms with Crippen LogP contribution in [0.2, 0.25) is 5.02 Å². The zero-order valence-electron chi connectivity index (χ0n) is 22.2. The van der Waals surface area contributed by atoms with E-state index in [9.17, 15) is 0 Å². The second-order valence-corrected chi connectivity index (χ2v) is 9.76. The first kappa shape index (κ1) is 27.4. The lowest BCUT2D eigenvalue weighted by molar-refractivity contribution is 0.385. The molecule has 0 amide bonds. The van der Waals surface area contributed by atoms with E-state index in [0.717, 1.165) is 48.3 Å². The largest absolute Gasteiger partial charge is 0.497 e. The highest BCUT2D eigenvalue weighted by Crippen LogP contribution is 2.29. The van der Waals surface area contributed by atoms with E-state index >= 15 is 0 Å². The Morgan fingerprint density at radius 2 is 1.63 bits per heavy atom. The third kappa shape index (κ3) is 6.81. The minimum absolute atomic E-state index is 0.272. The summed E-state index contributed by atoms with van der Waals surface area (Å²) in [4.78, 5) is 18.3. The van der Waals surface area contributed by atoms with Gasteiger partial charge in [0.25, 0.3) is 0 Å². The summed E-state index contributed by atoms with van der Waals surface area (Å²) in [7, 11) is 3.20. The van der Waals surface area contributed by atoms with Gasteiger partial charge < -0.3 is 24.6 Å². The molecule has 4 rings (SSSR count). The molecule has 9 nitrogen and oxygen atoms in total. The third-order valence-electron chi connectivity index (χ3n) is 6.15. The van der Waals surface area contributed by atoms with E-state index in [-0.39, 0.29) is 5.11 Å². The van der Waals surface area contributed by atoms with Gasteiger partial charge in [-0.25, -0.2) is 9.97 Å². The number of nitrogens with one attached hydrogen (secondary N) is 2. The van der Waals surface area contributed by atoms with Crippen LogP contribution in [-0.2, 0) is 0 Å². The molecule has 0 spiro atoms. The molecule has 38 heavy (non-hydrogen) atoms. The van der Waals surface area contributed by atoms with Gasteiger partial charge in [0, 0.05) is 54.3 Å². The lowest BCUT2D eigenvalue weighted by Crippen LogP contribution is -2.51. The maximum absolute atomic E-state index is 6.28. The Hall–Kier alpha value is -3.63. The van der Waals surface area contributed by atoms with Crippen molar-refractivity contribution in [3.63, 3.8) is 0 Å². The number of halogens is 1. The summed E-state index contributed by atoms with van der Waals surface area (Å²) in [6.45, 7) is 9.00. The van der Waals surface area contributed by atoms with Crippen molar-refractivity contribution in [3.8, 4) is 11.5 Å². The smallest absolute Gasteiger partial charge is 0.229 e. The van der Waals surface area contributed by atoms with E-state index in [0.29, 0.717) is 29.1 Å². The molecule has 0 atom stereocenters. The molecule has 11 heteroatoms. The Labute approximate surface area is 233 Å². The van der Waals surface area contributed by atoms with Crippen LogP contribution < -0.4 is 25.0 Å². The fraction of sp³-hybridized carbons (Fsp3) is 0.333. The van der Waals surface area contributed by atoms with Gasteiger partial charge in [0.1, 0.15) is 11.5 Å². The molecule has 3 aromatic rings. The highest BCUT2D eigenvalue weighted by atomic mass is 35.5. The van der Waals surface area contributed by atoms with Crippen molar-refractivity contribution in [1.29, 1.82) is 0 Å². The zero-order chi connectivity index (χ0) is 27.2. The molecule has 1 aliphatic heterocycles. The predicted molar refractivity (Wildman–Crippen MR) is 158 cm³/mol. The first-order valence-corrected chi connectivity index (χ1v) is 13.0. The molecule has 0 radical (unpaired) electrons. The van der Waals surface area contributed by atoms with Gasteiger partial charge in [0.2, 0.25) is 17.0 Å². The predicted octanol–water partition coefficient (Wildman–Crippen LogP) is 5.06. The molecule has 0 bridgehead atoms. The molecule has 0 saturated carbocycles. The molecule has 2 aromatic carbocycles. The molecule has 200 valence electrons. The van der Waals surface area contributed by atoms with Gasteiger partial charge in [-0.1, -0.05) is 17.7 Å². The normalized spacial score (nSPS) is 13.8. The van der Waals surface area contributed by atoms with Gasteiger partial charge in [-0.2, -0.15) is 4.99 Å². The SMILES string of the molecule is COc1ccc(NC(=S)/N=C(/Nc2nc(C)cc(C)n2)N2CCN(c3cc(Cl)ccc3C)CC2)c(OC)c1. The molecule has 1 aromatic heterocycles. The number of nitrogens with zero attached hydrogens (tertiary/aromatic N) is 5. The third-order valence-corrected chi connectivity index (χ3v) is 6.58. The molecule has 0 unspecified atom stereocenters. The van der Waals surface area contributed by atoms with Gasteiger partial charge in [0.15, 0.2) is 0 Å². The maximum Gasteiger partial charge on any atom is 0.229 e. The maximum atomic E-state index is 6.28. The summed E-state index contributed by atoms with van der Waals surface area (Å²) in [6, 6.07) is 13.4. The number of aliphatic imine (C=N–C) groups is 1. The average molecular weight is 554 g/mol. The Bertz CT molecular complexity index is 1320. The summed E-state index contributed by atoms with van der Waals surface area (Å²) in [5.41, 5.74) is 4.75. The first-order chi connectivity index (χ1) is 18.2. The van der Waals surface area contributed by atoms with Crippen LogP contribution in [0.1, 0.15) is 17.0 Å². The van der Waals surface area contributed by atoms with E-state index in [1.807, 2.05) is 50.2 Å². The minimum atomic E-state index is 0.272. The van der Waals surface area contributed by atoms with Gasteiger partial charge in [-0.15, -0.1) is 0 Å². The highest BCUT2D eigenvalue weighted by molar-refractivity contribution is 7.80. The van der Waals surface area contributed by atoms with Crippen LogP contribution in [0.25, 0.3) is 0 Å². The number of thiocarbonyl (C=S) groups is 1. The van der Waals surface area contributed by atoms with Crippen LogP contribution >= 0.6 is 23.8 Å². The van der Waals surface area contributed by atoms with Crippen molar-refractivity contribution in [2.75, 3.05) is 55.9 Å². The Kier molecular flexibility index (Phi) is 8.85. The number of methoxy groups -OCH3 is 2. The van der Waals surface area contributed by atoms with Gasteiger partial charge in [-0.3, -0.25) is 5.32 Å². The Morgan fingerprint density at radius 1 is 0.921 bits per heavy atom. The van der Waals surface area contributed by atoms with Gasteiger partial charge >= 0.3 is 0 Å². The quantitative estimate of drug-likeness (QED) is 0.256. The van der Waals surface area contributed by atoms with Crippen molar-refractivity contribution in [2.24, 2.45) is 4.99 Å². The van der Waals surface area contributed by atoms with Crippen LogP contribution in [0.5, 0.6) is 11.5 Å². The van der Waals surface area contributed by atoms with Crippen molar-refractivity contribution in [3.05, 3.63) is 64.4 Å². The van der Waals surface area contributed by atoms with Crippen molar-refractivity contribution < 1.29 is 9.47 Å². The number of aromatic nitrogens is 2. The molecular weight excluding hydrogens is 522 g/mol. The summed E-state index contributed by atoms with van der Waals surface area (Å²) in [6.07, 6.45) is 0. The number of anilines is 3. The fourth-order valence-corrected chi connectivity index (χ4v) is 4.65. The average Bonchev–Trinajstić information content (AvgIpc) is 2.89. The molecule has 2 heterocycles. The van der Waals surface area contributed by atoms with Crippen molar-refractivity contribution >= 4 is 52.2 Å². The summed E-state index contributed by atoms with van der Waals surface area (Å²) in [5.74, 6) is 2.32. The number of hydrogen-bond donors (Lipinski definition) is 2. The molecule has 2 N–H and O–H groups in total. The second kappa shape index (κ2) is 12.3. The number of piperazine rings is 1. The van der Waals surface area contributed by atoms with E-state index in [4.69, 9.17) is 38.3 Å². The van der Waals surface area contributed by atoms with E-state index in [1.54, 1.807) is 20.3 Å². The lowest BCUT2D eigenvalue weighted by Gasteiger charge is -2.38. The number of hydrogen-bond acceptors (Lipinski definition) is 6. The van der Waals surface area contributed by atoms with Crippen LogP contribution in [0.3, 0.4) is 0 Å². The topological polar surface area (TPSA) is 87.1 Å². The van der Waals surface area contributed by atoms with Gasteiger partial charge in [0.05, 0.1) is 19.9 Å². The standard InChI is InChI=1S/C27H32ClN7O2S/c1-17-6-7-20(28)15-23(17)34-10-12-35(13-11-34)26(32-25-29-18(2)14-19(3)30-25)33-27(38)31-22-9-8-21(36-4)16-24(22)37-5/h6-9,14-16H,10-13H2,1-5H3,(H2,29,30,31,32,33,38). The number of rotatable bonds is 5. The molecule has 1 fully saturated rings. The zero-order valence-corrected chi connectivity index (χ0v) is 23.8. The summed E-state index contributed by atoms with van der Waals surface area (Å²) < 4.78 is 10.8. The molecule has 1 saturated heterocycles. The molecule has 0 aliphatic carbocycles. The summed E-state index contributed by atoms with van der Waals surface area (Å²) >= 11 is 11.9. The van der Waals surface area contributed by atoms with E-state index in [2.05, 4.69) is 37.3 Å². The highest BCUT2D eigenvalue weighted by Gasteiger charge is 2.23. The minimum Gasteiger partial charge on any atom is -0.497 e. The monoisotopic (exact) mass is 553 g/mol. The second-order valence-electron chi connectivity index (χ2n) is 8.94. The number of aryl methyl sites for hydroxylation is 3. The first-order valence-electron chi connectivity index (χ1n) is 12.2. The lowest BCUT2D eigenvalue weighted by atomic mass is 10.1. The molecule has 1 aliphatic rings. The fourth-order valence-electron chi connectivity index (χ4n) is 4.28. The van der Waals surface area contributed by atoms with Crippen LogP contribution in [0.15, 0.2) is 47.5 Å². The van der Waals surface area contributed by atoms with Crippen molar-refractivity contribution in [2.45, 2.75) is 20.8 Å². The van der Waals surface area contributed by atoms with Crippen LogP contribution in [0, 0.1) is 20.8 Å². The molecular formula is C27H32ClN7O2S. The van der Waals surface area contributed by atoms with E-state index < -0.39 is 0 Å². The van der Waals surface area contributed by atoms with Crippen LogP contribution in [-0.4, -0.2) is 66.3 Å². The van der Waals surface area contributed by atoms with E-state index in [1.165, 1.54) is 5.56 Å². The summed E-state index contributed by atoms with van der Waals surface area (Å²) in [5, 5.41) is 7.48. The van der Waals surface area contributed by atoms with Crippen LogP contribution in [0.4, 0.5) is 17.3 Å². The van der Waals surface area contributed by atoms with Gasteiger partial charge in [-0.05, 0) is 68.9 Å². The Balaban J connectivity index is 1.56. The van der Waals surface area contributed by atoms with Crippen molar-refractivity contribution in [1.82, 2.24) is 14.9 Å². The number of guanidine groups is 1. The Morgan fingerprint density at radius 3 is 2.29 bits per heavy atom. The number of ether oxygens (including phenoxy) is 2.